The van der Waals surface area contributed by atoms with E-state index in [2.05, 4.69) is 30.0 Å². The second-order valence-electron chi connectivity index (χ2n) is 3.69. The molecule has 0 N–H and O–H groups in total. The molecule has 0 aliphatic heterocycles. The van der Waals surface area contributed by atoms with Crippen molar-refractivity contribution in [2.24, 2.45) is 0 Å². The van der Waals surface area contributed by atoms with Crippen LogP contribution in [0.1, 0.15) is 30.3 Å². The molecule has 3 nitrogen and oxygen atoms in total. The van der Waals surface area contributed by atoms with Crippen molar-refractivity contribution in [3.63, 3.8) is 0 Å². The average molecular weight is 189 g/mol. The van der Waals surface area contributed by atoms with Crippen LogP contribution in [-0.2, 0) is 6.42 Å². The quantitative estimate of drug-likeness (QED) is 0.725. The van der Waals surface area contributed by atoms with Crippen LogP contribution in [0.3, 0.4) is 0 Å². The first-order chi connectivity index (χ1) is 6.72. The second-order valence-corrected chi connectivity index (χ2v) is 3.69. The molecule has 2 heterocycles. The summed E-state index contributed by atoms with van der Waals surface area (Å²) in [5.74, 6) is 0. The van der Waals surface area contributed by atoms with Gasteiger partial charge in [-0.05, 0) is 26.3 Å². The van der Waals surface area contributed by atoms with Crippen LogP contribution in [-0.4, -0.2) is 14.6 Å². The van der Waals surface area contributed by atoms with Crippen LogP contribution in [0.2, 0.25) is 0 Å². The van der Waals surface area contributed by atoms with E-state index in [0.717, 1.165) is 29.9 Å². The molecule has 0 atom stereocenters. The normalized spacial score (nSPS) is 11.1. The van der Waals surface area contributed by atoms with Crippen LogP contribution in [0.5, 0.6) is 0 Å². The van der Waals surface area contributed by atoms with Gasteiger partial charge in [-0.15, -0.1) is 0 Å². The van der Waals surface area contributed by atoms with Gasteiger partial charge in [0.15, 0.2) is 5.65 Å². The number of hydrogen-bond donors (Lipinski definition) is 0. The summed E-state index contributed by atoms with van der Waals surface area (Å²) >= 11 is 0. The number of aryl methyl sites for hydroxylation is 3. The first kappa shape index (κ1) is 9.19. The smallest absolute Gasteiger partial charge is 0.158 e. The topological polar surface area (TPSA) is 30.2 Å². The van der Waals surface area contributed by atoms with Gasteiger partial charge in [-0.1, -0.05) is 13.3 Å². The highest BCUT2D eigenvalue weighted by Gasteiger charge is 2.06. The monoisotopic (exact) mass is 189 g/mol. The summed E-state index contributed by atoms with van der Waals surface area (Å²) in [4.78, 5) is 4.52. The predicted octanol–water partition coefficient (Wildman–Crippen LogP) is 2.30. The number of aromatic nitrogens is 3. The molecule has 0 saturated carbocycles. The minimum Gasteiger partial charge on any atom is -0.234 e. The Labute approximate surface area is 83.8 Å². The lowest BCUT2D eigenvalue weighted by Gasteiger charge is -2.01. The van der Waals surface area contributed by atoms with Crippen molar-refractivity contribution >= 4 is 5.65 Å². The molecule has 2 aromatic heterocycles. The summed E-state index contributed by atoms with van der Waals surface area (Å²) in [6.07, 6.45) is 4.12. The first-order valence-corrected chi connectivity index (χ1v) is 5.03. The van der Waals surface area contributed by atoms with Crippen LogP contribution in [0.15, 0.2) is 12.3 Å². The molecule has 0 aliphatic carbocycles. The highest BCUT2D eigenvalue weighted by atomic mass is 15.2. The Balaban J connectivity index is 2.66. The van der Waals surface area contributed by atoms with Gasteiger partial charge in [0.2, 0.25) is 0 Å². The standard InChI is InChI=1S/C11H15N3/c1-4-5-10-7-12-14-9(3)6-8(2)13-11(10)14/h6-7H,4-5H2,1-3H3. The summed E-state index contributed by atoms with van der Waals surface area (Å²) in [7, 11) is 0. The number of rotatable bonds is 2. The van der Waals surface area contributed by atoms with Crippen LogP contribution in [0.25, 0.3) is 5.65 Å². The van der Waals surface area contributed by atoms with E-state index >= 15 is 0 Å². The zero-order valence-electron chi connectivity index (χ0n) is 8.91. The predicted molar refractivity (Wildman–Crippen MR) is 56.5 cm³/mol. The van der Waals surface area contributed by atoms with Crippen LogP contribution in [0, 0.1) is 13.8 Å². The Morgan fingerprint density at radius 1 is 1.36 bits per heavy atom. The Hall–Kier alpha value is -1.38. The molecule has 0 fully saturated rings. The molecule has 0 aromatic carbocycles. The fraction of sp³-hybridized carbons (Fsp3) is 0.455. The lowest BCUT2D eigenvalue weighted by atomic mass is 10.2. The third-order valence-electron chi connectivity index (χ3n) is 2.37. The number of hydrogen-bond acceptors (Lipinski definition) is 2. The average Bonchev–Trinajstić information content (AvgIpc) is 2.49. The van der Waals surface area contributed by atoms with Gasteiger partial charge in [-0.2, -0.15) is 5.10 Å². The molecule has 2 rings (SSSR count). The van der Waals surface area contributed by atoms with Crippen molar-refractivity contribution in [3.05, 3.63) is 29.2 Å². The van der Waals surface area contributed by atoms with Crippen molar-refractivity contribution in [2.75, 3.05) is 0 Å². The first-order valence-electron chi connectivity index (χ1n) is 5.03. The molecule has 0 bridgehead atoms. The molecule has 74 valence electrons. The van der Waals surface area contributed by atoms with E-state index in [-0.39, 0.29) is 0 Å². The van der Waals surface area contributed by atoms with Gasteiger partial charge in [-0.3, -0.25) is 0 Å². The highest BCUT2D eigenvalue weighted by molar-refractivity contribution is 5.47. The van der Waals surface area contributed by atoms with Gasteiger partial charge in [0.05, 0.1) is 6.20 Å². The van der Waals surface area contributed by atoms with Gasteiger partial charge in [0, 0.05) is 17.0 Å². The molecular weight excluding hydrogens is 174 g/mol. The van der Waals surface area contributed by atoms with E-state index in [9.17, 15) is 0 Å². The molecule has 0 unspecified atom stereocenters. The van der Waals surface area contributed by atoms with E-state index < -0.39 is 0 Å². The summed E-state index contributed by atoms with van der Waals surface area (Å²) in [6, 6.07) is 2.05. The highest BCUT2D eigenvalue weighted by Crippen LogP contribution is 2.13. The van der Waals surface area contributed by atoms with Crippen molar-refractivity contribution < 1.29 is 0 Å². The molecule has 0 aliphatic rings. The van der Waals surface area contributed by atoms with Gasteiger partial charge < -0.3 is 0 Å². The number of nitrogens with zero attached hydrogens (tertiary/aromatic N) is 3. The summed E-state index contributed by atoms with van der Waals surface area (Å²) in [6.45, 7) is 6.26. The van der Waals surface area contributed by atoms with Crippen LogP contribution in [0.4, 0.5) is 0 Å². The van der Waals surface area contributed by atoms with E-state index in [1.165, 1.54) is 5.56 Å². The largest absolute Gasteiger partial charge is 0.234 e. The Kier molecular flexibility index (Phi) is 2.23. The van der Waals surface area contributed by atoms with Gasteiger partial charge in [0.1, 0.15) is 0 Å². The molecule has 0 spiro atoms. The zero-order valence-corrected chi connectivity index (χ0v) is 8.91. The Morgan fingerprint density at radius 2 is 2.14 bits per heavy atom. The van der Waals surface area contributed by atoms with Gasteiger partial charge in [-0.25, -0.2) is 9.50 Å². The van der Waals surface area contributed by atoms with Crippen molar-refractivity contribution in [3.8, 4) is 0 Å². The number of fused-ring (bicyclic) bond motifs is 1. The van der Waals surface area contributed by atoms with Gasteiger partial charge >= 0.3 is 0 Å². The maximum Gasteiger partial charge on any atom is 0.158 e. The molecule has 3 heteroatoms. The van der Waals surface area contributed by atoms with E-state index in [1.807, 2.05) is 17.6 Å². The molecule has 2 aromatic rings. The van der Waals surface area contributed by atoms with Crippen molar-refractivity contribution in [1.82, 2.24) is 14.6 Å². The lowest BCUT2D eigenvalue weighted by Crippen LogP contribution is -1.98. The molecule has 0 radical (unpaired) electrons. The third kappa shape index (κ3) is 1.39. The van der Waals surface area contributed by atoms with Crippen molar-refractivity contribution in [1.29, 1.82) is 0 Å². The maximum absolute atomic E-state index is 4.52. The summed E-state index contributed by atoms with van der Waals surface area (Å²) in [5.41, 5.74) is 4.48. The molecule has 0 amide bonds. The van der Waals surface area contributed by atoms with Gasteiger partial charge in [0.25, 0.3) is 0 Å². The minimum absolute atomic E-state index is 1.02. The fourth-order valence-corrected chi connectivity index (χ4v) is 1.76. The fourth-order valence-electron chi connectivity index (χ4n) is 1.76. The second kappa shape index (κ2) is 3.40. The van der Waals surface area contributed by atoms with Crippen LogP contribution >= 0.6 is 0 Å². The molecule has 14 heavy (non-hydrogen) atoms. The lowest BCUT2D eigenvalue weighted by molar-refractivity contribution is 0.884. The van der Waals surface area contributed by atoms with Crippen LogP contribution < -0.4 is 0 Å². The Bertz CT molecular complexity index is 457. The zero-order chi connectivity index (χ0) is 10.1. The van der Waals surface area contributed by atoms with E-state index in [1.54, 1.807) is 0 Å². The maximum atomic E-state index is 4.52. The van der Waals surface area contributed by atoms with E-state index in [4.69, 9.17) is 0 Å². The minimum atomic E-state index is 1.02. The molecular formula is C11H15N3. The molecule has 0 saturated heterocycles. The van der Waals surface area contributed by atoms with E-state index in [0.29, 0.717) is 0 Å². The summed E-state index contributed by atoms with van der Waals surface area (Å²) in [5, 5.41) is 4.33. The Morgan fingerprint density at radius 3 is 2.86 bits per heavy atom. The third-order valence-corrected chi connectivity index (χ3v) is 2.37. The summed E-state index contributed by atoms with van der Waals surface area (Å²) < 4.78 is 1.91. The van der Waals surface area contributed by atoms with Crippen molar-refractivity contribution in [2.45, 2.75) is 33.6 Å². The SMILES string of the molecule is CCCc1cnn2c(C)cc(C)nc12.